The van der Waals surface area contributed by atoms with Crippen LogP contribution in [0, 0.1) is 20.8 Å². The molecule has 7 nitrogen and oxygen atoms in total. The molecule has 150 valence electrons. The van der Waals surface area contributed by atoms with Gasteiger partial charge in [-0.15, -0.1) is 11.3 Å². The zero-order chi connectivity index (χ0) is 21.0. The molecule has 0 radical (unpaired) electrons. The molecule has 3 rings (SSSR count). The summed E-state index contributed by atoms with van der Waals surface area (Å²) in [4.78, 5) is 28.3. The molecule has 0 aliphatic carbocycles. The Kier molecular flexibility index (Phi) is 6.23. The maximum absolute atomic E-state index is 12.0. The van der Waals surface area contributed by atoms with Crippen LogP contribution >= 0.6 is 11.3 Å². The lowest BCUT2D eigenvalue weighted by atomic mass is 10.1. The maximum atomic E-state index is 12.0. The first-order chi connectivity index (χ1) is 13.8. The lowest BCUT2D eigenvalue weighted by Gasteiger charge is -2.02. The van der Waals surface area contributed by atoms with Crippen LogP contribution in [0.25, 0.3) is 17.3 Å². The Morgan fingerprint density at radius 2 is 1.93 bits per heavy atom. The highest BCUT2D eigenvalue weighted by molar-refractivity contribution is 7.14. The van der Waals surface area contributed by atoms with Crippen LogP contribution in [-0.4, -0.2) is 33.2 Å². The molecule has 1 amide bonds. The fraction of sp³-hybridized carbons (Fsp3) is 0.238. The normalized spacial score (nSPS) is 11.0. The number of hydrogen-bond donors (Lipinski definition) is 1. The van der Waals surface area contributed by atoms with Crippen molar-refractivity contribution in [3.63, 3.8) is 0 Å². The van der Waals surface area contributed by atoms with Crippen LogP contribution in [0.3, 0.4) is 0 Å². The fourth-order valence-electron chi connectivity index (χ4n) is 2.71. The van der Waals surface area contributed by atoms with Crippen LogP contribution in [0.5, 0.6) is 0 Å². The van der Waals surface area contributed by atoms with Crippen molar-refractivity contribution in [1.82, 2.24) is 14.8 Å². The number of nitrogens with zero attached hydrogens (tertiary/aromatic N) is 3. The first kappa shape index (κ1) is 20.5. The van der Waals surface area contributed by atoms with Crippen molar-refractivity contribution in [2.75, 3.05) is 11.9 Å². The van der Waals surface area contributed by atoms with Crippen LogP contribution in [0.2, 0.25) is 0 Å². The van der Waals surface area contributed by atoms with E-state index in [0.717, 1.165) is 28.2 Å². The molecule has 8 heteroatoms. The van der Waals surface area contributed by atoms with Crippen LogP contribution in [0.4, 0.5) is 5.13 Å². The summed E-state index contributed by atoms with van der Waals surface area (Å²) in [6, 6.07) is 7.98. The van der Waals surface area contributed by atoms with E-state index < -0.39 is 11.9 Å². The number of carbonyl (C=O) groups excluding carboxylic acids is 2. The molecule has 0 fully saturated rings. The molecule has 2 heterocycles. The SMILES string of the molecule is Cc1ccc(-c2csc(NC(=O)COC(=O)/C=C/c3c(C)nn(C)c3C)n2)cc1. The van der Waals surface area contributed by atoms with E-state index in [0.29, 0.717) is 5.13 Å². The van der Waals surface area contributed by atoms with Gasteiger partial charge in [-0.1, -0.05) is 29.8 Å². The Bertz CT molecular complexity index is 1060. The molecule has 0 saturated carbocycles. The number of amides is 1. The Hall–Kier alpha value is -3.26. The largest absolute Gasteiger partial charge is 0.452 e. The fourth-order valence-corrected chi connectivity index (χ4v) is 3.45. The number of nitrogens with one attached hydrogen (secondary N) is 1. The molecule has 1 N–H and O–H groups in total. The average Bonchev–Trinajstić information content (AvgIpc) is 3.24. The molecule has 0 spiro atoms. The zero-order valence-electron chi connectivity index (χ0n) is 16.7. The molecule has 0 unspecified atom stereocenters. The van der Waals surface area contributed by atoms with E-state index in [-0.39, 0.29) is 6.61 Å². The van der Waals surface area contributed by atoms with Crippen molar-refractivity contribution in [2.45, 2.75) is 20.8 Å². The second-order valence-corrected chi connectivity index (χ2v) is 7.46. The Morgan fingerprint density at radius 3 is 2.59 bits per heavy atom. The van der Waals surface area contributed by atoms with E-state index in [1.165, 1.54) is 23.0 Å². The summed E-state index contributed by atoms with van der Waals surface area (Å²) >= 11 is 1.32. The summed E-state index contributed by atoms with van der Waals surface area (Å²) in [5.74, 6) is -1.03. The molecule has 0 aliphatic heterocycles. The van der Waals surface area contributed by atoms with Gasteiger partial charge in [0.1, 0.15) is 0 Å². The number of esters is 1. The van der Waals surface area contributed by atoms with Gasteiger partial charge in [0.25, 0.3) is 5.91 Å². The van der Waals surface area contributed by atoms with Crippen molar-refractivity contribution in [3.8, 4) is 11.3 Å². The van der Waals surface area contributed by atoms with Gasteiger partial charge < -0.3 is 4.74 Å². The molecule has 3 aromatic rings. The average molecular weight is 410 g/mol. The second-order valence-electron chi connectivity index (χ2n) is 6.60. The molecular formula is C21H22N4O3S. The van der Waals surface area contributed by atoms with E-state index in [1.54, 1.807) is 10.8 Å². The Balaban J connectivity index is 1.51. The van der Waals surface area contributed by atoms with Gasteiger partial charge in [0, 0.05) is 35.3 Å². The van der Waals surface area contributed by atoms with E-state index in [9.17, 15) is 9.59 Å². The molecule has 0 aliphatic rings. The molecule has 1 aromatic carbocycles. The molecular weight excluding hydrogens is 388 g/mol. The predicted octanol–water partition coefficient (Wildman–Crippen LogP) is 3.66. The number of benzene rings is 1. The number of ether oxygens (including phenoxy) is 1. The molecule has 0 bridgehead atoms. The number of hydrogen-bond acceptors (Lipinski definition) is 6. The predicted molar refractivity (Wildman–Crippen MR) is 114 cm³/mol. The quantitative estimate of drug-likeness (QED) is 0.495. The summed E-state index contributed by atoms with van der Waals surface area (Å²) in [5.41, 5.74) is 5.55. The van der Waals surface area contributed by atoms with Crippen LogP contribution < -0.4 is 5.32 Å². The minimum Gasteiger partial charge on any atom is -0.452 e. The lowest BCUT2D eigenvalue weighted by Crippen LogP contribution is -2.20. The minimum atomic E-state index is -0.595. The number of carbonyl (C=O) groups is 2. The number of anilines is 1. The van der Waals surface area contributed by atoms with E-state index in [2.05, 4.69) is 15.4 Å². The summed E-state index contributed by atoms with van der Waals surface area (Å²) in [6.45, 7) is 5.42. The third kappa shape index (κ3) is 5.17. The van der Waals surface area contributed by atoms with Crippen molar-refractivity contribution in [1.29, 1.82) is 0 Å². The summed E-state index contributed by atoms with van der Waals surface area (Å²) < 4.78 is 6.74. The standard InChI is InChI=1S/C21H22N4O3S/c1-13-5-7-16(8-6-13)18-12-29-21(22-18)23-19(26)11-28-20(27)10-9-17-14(2)24-25(4)15(17)3/h5-10,12H,11H2,1-4H3,(H,22,23,26)/b10-9+. The molecule has 0 saturated heterocycles. The van der Waals surface area contributed by atoms with E-state index in [4.69, 9.17) is 4.74 Å². The van der Waals surface area contributed by atoms with Crippen molar-refractivity contribution < 1.29 is 14.3 Å². The Labute approximate surface area is 173 Å². The van der Waals surface area contributed by atoms with Crippen LogP contribution in [0.15, 0.2) is 35.7 Å². The van der Waals surface area contributed by atoms with E-state index in [1.807, 2.05) is 57.5 Å². The number of aryl methyl sites for hydroxylation is 3. The highest BCUT2D eigenvalue weighted by Crippen LogP contribution is 2.25. The van der Waals surface area contributed by atoms with Crippen molar-refractivity contribution >= 4 is 34.4 Å². The van der Waals surface area contributed by atoms with Crippen molar-refractivity contribution in [2.24, 2.45) is 7.05 Å². The number of rotatable bonds is 6. The van der Waals surface area contributed by atoms with Gasteiger partial charge in [0.15, 0.2) is 11.7 Å². The van der Waals surface area contributed by atoms with Crippen molar-refractivity contribution in [3.05, 3.63) is 58.2 Å². The van der Waals surface area contributed by atoms with Gasteiger partial charge in [-0.2, -0.15) is 5.10 Å². The van der Waals surface area contributed by atoms with Crippen LogP contribution in [0.1, 0.15) is 22.5 Å². The molecule has 2 aromatic heterocycles. The maximum Gasteiger partial charge on any atom is 0.331 e. The van der Waals surface area contributed by atoms with Gasteiger partial charge in [-0.05, 0) is 26.8 Å². The highest BCUT2D eigenvalue weighted by Gasteiger charge is 2.11. The minimum absolute atomic E-state index is 0.381. The summed E-state index contributed by atoms with van der Waals surface area (Å²) in [5, 5.41) is 9.25. The summed E-state index contributed by atoms with van der Waals surface area (Å²) in [7, 11) is 1.84. The Morgan fingerprint density at radius 1 is 1.21 bits per heavy atom. The smallest absolute Gasteiger partial charge is 0.331 e. The third-order valence-electron chi connectivity index (χ3n) is 4.39. The highest BCUT2D eigenvalue weighted by atomic mass is 32.1. The van der Waals surface area contributed by atoms with Gasteiger partial charge >= 0.3 is 5.97 Å². The van der Waals surface area contributed by atoms with Gasteiger partial charge in [0.05, 0.1) is 11.4 Å². The topological polar surface area (TPSA) is 86.1 Å². The van der Waals surface area contributed by atoms with Crippen LogP contribution in [-0.2, 0) is 21.4 Å². The van der Waals surface area contributed by atoms with Gasteiger partial charge in [0.2, 0.25) is 0 Å². The monoisotopic (exact) mass is 410 g/mol. The second kappa shape index (κ2) is 8.83. The lowest BCUT2D eigenvalue weighted by molar-refractivity contribution is -0.142. The van der Waals surface area contributed by atoms with E-state index >= 15 is 0 Å². The third-order valence-corrected chi connectivity index (χ3v) is 5.15. The van der Waals surface area contributed by atoms with Gasteiger partial charge in [-0.3, -0.25) is 14.8 Å². The molecule has 29 heavy (non-hydrogen) atoms. The first-order valence-electron chi connectivity index (χ1n) is 9.01. The summed E-state index contributed by atoms with van der Waals surface area (Å²) in [6.07, 6.45) is 2.94. The first-order valence-corrected chi connectivity index (χ1v) is 9.89. The zero-order valence-corrected chi connectivity index (χ0v) is 17.5. The number of aromatic nitrogens is 3. The number of thiazole rings is 1. The molecule has 0 atom stereocenters. The van der Waals surface area contributed by atoms with Gasteiger partial charge in [-0.25, -0.2) is 9.78 Å².